The Morgan fingerprint density at radius 3 is 2.59 bits per heavy atom. The molecule has 0 bridgehead atoms. The first-order valence-electron chi connectivity index (χ1n) is 10.1. The van der Waals surface area contributed by atoms with Crippen LogP contribution in [0.4, 0.5) is 5.69 Å². The van der Waals surface area contributed by atoms with Crippen molar-refractivity contribution in [1.82, 2.24) is 4.72 Å². The number of amides is 1. The molecule has 2 aliphatic rings. The molecule has 1 heterocycles. The van der Waals surface area contributed by atoms with Crippen LogP contribution in [0.3, 0.4) is 0 Å². The molecule has 1 fully saturated rings. The number of nitrogens with zero attached hydrogens (tertiary/aromatic N) is 1. The van der Waals surface area contributed by atoms with Gasteiger partial charge in [-0.25, -0.2) is 13.1 Å². The predicted octanol–water partition coefficient (Wildman–Crippen LogP) is 3.26. The van der Waals surface area contributed by atoms with Crippen molar-refractivity contribution in [2.75, 3.05) is 11.4 Å². The largest absolute Gasteiger partial charge is 0.481 e. The molecule has 1 amide bonds. The van der Waals surface area contributed by atoms with E-state index in [1.807, 2.05) is 30.3 Å². The minimum absolute atomic E-state index is 0.0299. The number of rotatable bonds is 6. The van der Waals surface area contributed by atoms with E-state index >= 15 is 0 Å². The molecule has 0 aromatic heterocycles. The Kier molecular flexibility index (Phi) is 5.61. The highest BCUT2D eigenvalue weighted by molar-refractivity contribution is 7.89. The van der Waals surface area contributed by atoms with E-state index in [0.29, 0.717) is 18.7 Å². The van der Waals surface area contributed by atoms with Gasteiger partial charge in [-0.15, -0.1) is 0 Å². The maximum atomic E-state index is 12.9. The van der Waals surface area contributed by atoms with Crippen LogP contribution in [-0.4, -0.2) is 33.0 Å². The minimum Gasteiger partial charge on any atom is -0.481 e. The highest BCUT2D eigenvalue weighted by atomic mass is 32.2. The molecule has 29 heavy (non-hydrogen) atoms. The standard InChI is InChI=1S/C22H26N2O4S/c1-16(28-19-9-3-2-4-10-19)22(25)24-14-13-17-15-20(11-12-21(17)24)29(26,27)23-18-7-5-6-8-18/h2-4,9-12,15-16,18,23H,5-8,13-14H2,1H3/t16-/m0/s1. The molecule has 0 spiro atoms. The molecule has 7 heteroatoms. The van der Waals surface area contributed by atoms with E-state index in [-0.39, 0.29) is 16.8 Å². The Hall–Kier alpha value is -2.38. The zero-order chi connectivity index (χ0) is 20.4. The van der Waals surface area contributed by atoms with Gasteiger partial charge in [0.25, 0.3) is 5.91 Å². The Bertz CT molecular complexity index is 985. The molecule has 2 aromatic carbocycles. The SMILES string of the molecule is C[C@H](Oc1ccccc1)C(=O)N1CCc2cc(S(=O)(=O)NC3CCCC3)ccc21. The second-order valence-electron chi connectivity index (χ2n) is 7.71. The Morgan fingerprint density at radius 1 is 1.14 bits per heavy atom. The van der Waals surface area contributed by atoms with Crippen LogP contribution in [0, 0.1) is 0 Å². The summed E-state index contributed by atoms with van der Waals surface area (Å²) in [5.41, 5.74) is 1.64. The van der Waals surface area contributed by atoms with Gasteiger partial charge in [-0.3, -0.25) is 4.79 Å². The normalized spacial score (nSPS) is 17.9. The van der Waals surface area contributed by atoms with Crippen molar-refractivity contribution in [3.8, 4) is 5.75 Å². The summed E-state index contributed by atoms with van der Waals surface area (Å²) in [4.78, 5) is 14.8. The maximum Gasteiger partial charge on any atom is 0.267 e. The van der Waals surface area contributed by atoms with E-state index in [1.165, 1.54) is 0 Å². The Labute approximate surface area is 171 Å². The zero-order valence-electron chi connectivity index (χ0n) is 16.5. The summed E-state index contributed by atoms with van der Waals surface area (Å²) in [5.74, 6) is 0.513. The summed E-state index contributed by atoms with van der Waals surface area (Å²) in [7, 11) is -3.54. The third-order valence-corrected chi connectivity index (χ3v) is 7.12. The molecule has 154 valence electrons. The molecular formula is C22H26N2O4S. The van der Waals surface area contributed by atoms with Crippen molar-refractivity contribution >= 4 is 21.6 Å². The average molecular weight is 415 g/mol. The average Bonchev–Trinajstić information content (AvgIpc) is 3.37. The summed E-state index contributed by atoms with van der Waals surface area (Å²) in [6, 6.07) is 14.3. The number of fused-ring (bicyclic) bond motifs is 1. The molecule has 0 unspecified atom stereocenters. The topological polar surface area (TPSA) is 75.7 Å². The predicted molar refractivity (Wildman–Crippen MR) is 112 cm³/mol. The van der Waals surface area contributed by atoms with E-state index in [2.05, 4.69) is 4.72 Å². The fourth-order valence-corrected chi connectivity index (χ4v) is 5.43. The molecular weight excluding hydrogens is 388 g/mol. The van der Waals surface area contributed by atoms with Crippen molar-refractivity contribution in [3.05, 3.63) is 54.1 Å². The number of para-hydroxylation sites is 1. The molecule has 0 radical (unpaired) electrons. The fourth-order valence-electron chi connectivity index (χ4n) is 4.08. The molecule has 0 saturated heterocycles. The Morgan fingerprint density at radius 2 is 1.86 bits per heavy atom. The molecule has 2 aromatic rings. The van der Waals surface area contributed by atoms with Crippen LogP contribution in [0.2, 0.25) is 0 Å². The van der Waals surface area contributed by atoms with Crippen LogP contribution in [0.5, 0.6) is 5.75 Å². The zero-order valence-corrected chi connectivity index (χ0v) is 17.3. The first-order chi connectivity index (χ1) is 13.9. The number of ether oxygens (including phenoxy) is 1. The van der Waals surface area contributed by atoms with E-state index in [4.69, 9.17) is 4.74 Å². The van der Waals surface area contributed by atoms with Crippen LogP contribution >= 0.6 is 0 Å². The summed E-state index contributed by atoms with van der Waals surface area (Å²) in [6.45, 7) is 2.26. The van der Waals surface area contributed by atoms with Gasteiger partial charge < -0.3 is 9.64 Å². The van der Waals surface area contributed by atoms with Crippen LogP contribution in [0.15, 0.2) is 53.4 Å². The second-order valence-corrected chi connectivity index (χ2v) is 9.42. The van der Waals surface area contributed by atoms with Gasteiger partial charge in [-0.2, -0.15) is 0 Å². The Balaban J connectivity index is 1.48. The van der Waals surface area contributed by atoms with Crippen molar-refractivity contribution in [1.29, 1.82) is 0 Å². The quantitative estimate of drug-likeness (QED) is 0.787. The van der Waals surface area contributed by atoms with Crippen molar-refractivity contribution < 1.29 is 17.9 Å². The van der Waals surface area contributed by atoms with Crippen LogP contribution < -0.4 is 14.4 Å². The number of carbonyl (C=O) groups excluding carboxylic acids is 1. The van der Waals surface area contributed by atoms with E-state index in [9.17, 15) is 13.2 Å². The molecule has 1 aliphatic heterocycles. The number of carbonyl (C=O) groups is 1. The van der Waals surface area contributed by atoms with Crippen molar-refractivity contribution in [2.45, 2.75) is 56.1 Å². The van der Waals surface area contributed by atoms with E-state index < -0.39 is 16.1 Å². The van der Waals surface area contributed by atoms with E-state index in [0.717, 1.165) is 36.9 Å². The number of sulfonamides is 1. The smallest absolute Gasteiger partial charge is 0.267 e. The lowest BCUT2D eigenvalue weighted by Crippen LogP contribution is -2.39. The van der Waals surface area contributed by atoms with E-state index in [1.54, 1.807) is 30.0 Å². The lowest BCUT2D eigenvalue weighted by molar-refractivity contribution is -0.124. The molecule has 4 rings (SSSR count). The van der Waals surface area contributed by atoms with Gasteiger partial charge in [0.1, 0.15) is 5.75 Å². The maximum absolute atomic E-state index is 12.9. The van der Waals surface area contributed by atoms with Gasteiger partial charge in [0.15, 0.2) is 6.10 Å². The lowest BCUT2D eigenvalue weighted by Gasteiger charge is -2.22. The van der Waals surface area contributed by atoms with Gasteiger partial charge in [-0.1, -0.05) is 31.0 Å². The first kappa shape index (κ1) is 19.9. The van der Waals surface area contributed by atoms with Crippen molar-refractivity contribution in [2.24, 2.45) is 0 Å². The monoisotopic (exact) mass is 414 g/mol. The number of nitrogens with one attached hydrogen (secondary N) is 1. The lowest BCUT2D eigenvalue weighted by atomic mass is 10.2. The van der Waals surface area contributed by atoms with Crippen LogP contribution in [-0.2, 0) is 21.2 Å². The van der Waals surface area contributed by atoms with Gasteiger partial charge in [0.2, 0.25) is 10.0 Å². The van der Waals surface area contributed by atoms with Gasteiger partial charge in [-0.05, 0) is 62.1 Å². The van der Waals surface area contributed by atoms with Gasteiger partial charge in [0.05, 0.1) is 4.90 Å². The highest BCUT2D eigenvalue weighted by Gasteiger charge is 2.31. The third kappa shape index (κ3) is 4.31. The molecule has 6 nitrogen and oxygen atoms in total. The number of anilines is 1. The highest BCUT2D eigenvalue weighted by Crippen LogP contribution is 2.31. The first-order valence-corrected chi connectivity index (χ1v) is 11.6. The van der Waals surface area contributed by atoms with Crippen LogP contribution in [0.1, 0.15) is 38.2 Å². The summed E-state index contributed by atoms with van der Waals surface area (Å²) in [6.07, 6.45) is 3.93. The summed E-state index contributed by atoms with van der Waals surface area (Å²) in [5, 5.41) is 0. The minimum atomic E-state index is -3.54. The number of hydrogen-bond acceptors (Lipinski definition) is 4. The molecule has 1 atom stereocenters. The molecule has 1 N–H and O–H groups in total. The summed E-state index contributed by atoms with van der Waals surface area (Å²) < 4.78 is 34.0. The summed E-state index contributed by atoms with van der Waals surface area (Å²) >= 11 is 0. The molecule has 1 saturated carbocycles. The van der Waals surface area contributed by atoms with Gasteiger partial charge in [0, 0.05) is 18.3 Å². The number of hydrogen-bond donors (Lipinski definition) is 1. The number of benzene rings is 2. The van der Waals surface area contributed by atoms with Gasteiger partial charge >= 0.3 is 0 Å². The molecule has 1 aliphatic carbocycles. The van der Waals surface area contributed by atoms with Crippen molar-refractivity contribution in [3.63, 3.8) is 0 Å². The van der Waals surface area contributed by atoms with Crippen LogP contribution in [0.25, 0.3) is 0 Å². The second kappa shape index (κ2) is 8.16. The fraction of sp³-hybridized carbons (Fsp3) is 0.409. The third-order valence-electron chi connectivity index (χ3n) is 5.60.